The Kier molecular flexibility index (Phi) is 4.30. The molecule has 1 aromatic heterocycles. The molecule has 15 heavy (non-hydrogen) atoms. The van der Waals surface area contributed by atoms with Gasteiger partial charge in [-0.2, -0.15) is 5.10 Å². The summed E-state index contributed by atoms with van der Waals surface area (Å²) in [5.74, 6) is 0.504. The third kappa shape index (κ3) is 3.06. The predicted octanol–water partition coefficient (Wildman–Crippen LogP) is 1.04. The van der Waals surface area contributed by atoms with E-state index in [-0.39, 0.29) is 5.91 Å². The zero-order valence-electron chi connectivity index (χ0n) is 9.21. The summed E-state index contributed by atoms with van der Waals surface area (Å²) in [7, 11) is 0. The van der Waals surface area contributed by atoms with Crippen LogP contribution in [-0.4, -0.2) is 22.1 Å². The number of aryl methyl sites for hydroxylation is 1. The maximum atomic E-state index is 11.6. The Balaban J connectivity index is 2.58. The first-order chi connectivity index (χ1) is 7.19. The molecule has 0 saturated heterocycles. The van der Waals surface area contributed by atoms with Gasteiger partial charge < -0.3 is 11.1 Å². The van der Waals surface area contributed by atoms with Crippen molar-refractivity contribution >= 4 is 11.7 Å². The number of hydrogen-bond donors (Lipinski definition) is 3. The van der Waals surface area contributed by atoms with Crippen molar-refractivity contribution in [3.8, 4) is 0 Å². The van der Waals surface area contributed by atoms with Gasteiger partial charge in [0.15, 0.2) is 0 Å². The zero-order valence-corrected chi connectivity index (χ0v) is 9.21. The highest BCUT2D eigenvalue weighted by Gasteiger charge is 2.14. The number of nitrogens with zero attached hydrogens (tertiary/aromatic N) is 1. The summed E-state index contributed by atoms with van der Waals surface area (Å²) in [6, 6.07) is -0.442. The Labute approximate surface area is 89.4 Å². The largest absolute Gasteiger partial charge is 0.320 e. The summed E-state index contributed by atoms with van der Waals surface area (Å²) in [5.41, 5.74) is 6.68. The van der Waals surface area contributed by atoms with Crippen molar-refractivity contribution in [2.75, 3.05) is 5.32 Å². The molecule has 0 fully saturated rings. The highest BCUT2D eigenvalue weighted by molar-refractivity contribution is 5.94. The Morgan fingerprint density at radius 2 is 2.40 bits per heavy atom. The summed E-state index contributed by atoms with van der Waals surface area (Å²) in [6.07, 6.45) is 4.13. The molecule has 0 aliphatic heterocycles. The van der Waals surface area contributed by atoms with Crippen LogP contribution in [0.25, 0.3) is 0 Å². The molecule has 4 N–H and O–H groups in total. The van der Waals surface area contributed by atoms with Gasteiger partial charge >= 0.3 is 0 Å². The van der Waals surface area contributed by atoms with Crippen LogP contribution in [0.5, 0.6) is 0 Å². The van der Waals surface area contributed by atoms with E-state index in [1.807, 2.05) is 13.8 Å². The van der Waals surface area contributed by atoms with Crippen molar-refractivity contribution in [3.05, 3.63) is 11.8 Å². The normalized spacial score (nSPS) is 12.5. The standard InChI is InChI=1S/C10H18N4O/c1-3-5-8(11)10(15)13-9-7(4-2)6-12-14-9/h6,8H,3-5,11H2,1-2H3,(H2,12,13,14,15)/t8-/m0/s1. The van der Waals surface area contributed by atoms with Crippen molar-refractivity contribution in [2.24, 2.45) is 5.73 Å². The van der Waals surface area contributed by atoms with Gasteiger partial charge in [-0.1, -0.05) is 20.3 Å². The van der Waals surface area contributed by atoms with E-state index in [9.17, 15) is 4.79 Å². The summed E-state index contributed by atoms with van der Waals surface area (Å²) in [4.78, 5) is 11.6. The number of hydrogen-bond acceptors (Lipinski definition) is 3. The van der Waals surface area contributed by atoms with Crippen LogP contribution in [0.2, 0.25) is 0 Å². The molecule has 1 heterocycles. The van der Waals surface area contributed by atoms with E-state index < -0.39 is 6.04 Å². The van der Waals surface area contributed by atoms with Crippen molar-refractivity contribution in [1.29, 1.82) is 0 Å². The Hall–Kier alpha value is -1.36. The van der Waals surface area contributed by atoms with Gasteiger partial charge in [0.05, 0.1) is 12.2 Å². The van der Waals surface area contributed by atoms with E-state index in [1.54, 1.807) is 6.20 Å². The minimum Gasteiger partial charge on any atom is -0.320 e. The Bertz CT molecular complexity index is 321. The number of aromatic nitrogens is 2. The number of amides is 1. The van der Waals surface area contributed by atoms with E-state index >= 15 is 0 Å². The number of rotatable bonds is 5. The van der Waals surface area contributed by atoms with Crippen molar-refractivity contribution in [3.63, 3.8) is 0 Å². The molecule has 84 valence electrons. The average Bonchev–Trinajstić information content (AvgIpc) is 2.65. The van der Waals surface area contributed by atoms with Gasteiger partial charge in [0, 0.05) is 5.56 Å². The molecule has 5 nitrogen and oxygen atoms in total. The quantitative estimate of drug-likeness (QED) is 0.679. The molecule has 1 atom stereocenters. The van der Waals surface area contributed by atoms with Crippen molar-refractivity contribution in [1.82, 2.24) is 10.2 Å². The Morgan fingerprint density at radius 1 is 1.67 bits per heavy atom. The molecule has 5 heteroatoms. The fourth-order valence-electron chi connectivity index (χ4n) is 1.35. The first kappa shape index (κ1) is 11.7. The second kappa shape index (κ2) is 5.50. The van der Waals surface area contributed by atoms with Crippen LogP contribution in [0.4, 0.5) is 5.82 Å². The lowest BCUT2D eigenvalue weighted by molar-refractivity contribution is -0.117. The summed E-state index contributed by atoms with van der Waals surface area (Å²) < 4.78 is 0. The van der Waals surface area contributed by atoms with Gasteiger partial charge in [-0.3, -0.25) is 9.89 Å². The first-order valence-corrected chi connectivity index (χ1v) is 5.27. The minimum atomic E-state index is -0.442. The van der Waals surface area contributed by atoms with Gasteiger partial charge in [-0.05, 0) is 12.8 Å². The fraction of sp³-hybridized carbons (Fsp3) is 0.600. The van der Waals surface area contributed by atoms with Crippen LogP contribution in [-0.2, 0) is 11.2 Å². The fourth-order valence-corrected chi connectivity index (χ4v) is 1.35. The van der Waals surface area contributed by atoms with E-state index in [1.165, 1.54) is 0 Å². The van der Waals surface area contributed by atoms with E-state index in [0.717, 1.165) is 18.4 Å². The minimum absolute atomic E-state index is 0.157. The number of carbonyl (C=O) groups excluding carboxylic acids is 1. The number of aromatic amines is 1. The second-order valence-electron chi connectivity index (χ2n) is 3.51. The second-order valence-corrected chi connectivity index (χ2v) is 3.51. The molecule has 0 aliphatic carbocycles. The molecule has 0 unspecified atom stereocenters. The van der Waals surface area contributed by atoms with Crippen LogP contribution >= 0.6 is 0 Å². The summed E-state index contributed by atoms with van der Waals surface area (Å²) in [5, 5.41) is 9.36. The molecule has 0 saturated carbocycles. The van der Waals surface area contributed by atoms with Gasteiger partial charge in [0.25, 0.3) is 0 Å². The van der Waals surface area contributed by atoms with Crippen LogP contribution in [0.3, 0.4) is 0 Å². The van der Waals surface area contributed by atoms with E-state index in [4.69, 9.17) is 5.73 Å². The van der Waals surface area contributed by atoms with Gasteiger partial charge in [-0.25, -0.2) is 0 Å². The molecule has 1 amide bonds. The molecule has 0 spiro atoms. The molecule has 0 aromatic carbocycles. The van der Waals surface area contributed by atoms with E-state index in [2.05, 4.69) is 15.5 Å². The Morgan fingerprint density at radius 3 is 3.00 bits per heavy atom. The van der Waals surface area contributed by atoms with Crippen LogP contribution in [0.15, 0.2) is 6.20 Å². The summed E-state index contributed by atoms with van der Waals surface area (Å²) >= 11 is 0. The van der Waals surface area contributed by atoms with E-state index in [0.29, 0.717) is 12.2 Å². The third-order valence-corrected chi connectivity index (χ3v) is 2.28. The zero-order chi connectivity index (χ0) is 11.3. The molecular formula is C10H18N4O. The monoisotopic (exact) mass is 210 g/mol. The topological polar surface area (TPSA) is 83.8 Å². The third-order valence-electron chi connectivity index (χ3n) is 2.28. The number of anilines is 1. The van der Waals surface area contributed by atoms with Crippen molar-refractivity contribution in [2.45, 2.75) is 39.2 Å². The van der Waals surface area contributed by atoms with Gasteiger partial charge in [-0.15, -0.1) is 0 Å². The predicted molar refractivity (Wildman–Crippen MR) is 59.5 cm³/mol. The maximum Gasteiger partial charge on any atom is 0.242 e. The lowest BCUT2D eigenvalue weighted by Crippen LogP contribution is -2.35. The number of nitrogens with two attached hydrogens (primary N) is 1. The number of H-pyrrole nitrogens is 1. The maximum absolute atomic E-state index is 11.6. The molecule has 0 bridgehead atoms. The van der Waals surface area contributed by atoms with Crippen LogP contribution in [0.1, 0.15) is 32.3 Å². The average molecular weight is 210 g/mol. The molecule has 0 radical (unpaired) electrons. The molecular weight excluding hydrogens is 192 g/mol. The molecule has 1 rings (SSSR count). The lowest BCUT2D eigenvalue weighted by atomic mass is 10.1. The molecule has 0 aliphatic rings. The highest BCUT2D eigenvalue weighted by atomic mass is 16.2. The SMILES string of the molecule is CCC[C@H](N)C(=O)Nc1[nH]ncc1CC. The van der Waals surface area contributed by atoms with Crippen molar-refractivity contribution < 1.29 is 4.79 Å². The van der Waals surface area contributed by atoms with Crippen LogP contribution in [0, 0.1) is 0 Å². The van der Waals surface area contributed by atoms with Gasteiger partial charge in [0.2, 0.25) is 5.91 Å². The lowest BCUT2D eigenvalue weighted by Gasteiger charge is -2.10. The number of nitrogens with one attached hydrogen (secondary N) is 2. The summed E-state index contributed by atoms with van der Waals surface area (Å²) in [6.45, 7) is 4.01. The van der Waals surface area contributed by atoms with Gasteiger partial charge in [0.1, 0.15) is 5.82 Å². The van der Waals surface area contributed by atoms with Crippen LogP contribution < -0.4 is 11.1 Å². The number of carbonyl (C=O) groups is 1. The smallest absolute Gasteiger partial charge is 0.242 e. The highest BCUT2D eigenvalue weighted by Crippen LogP contribution is 2.11. The molecule has 1 aromatic rings. The first-order valence-electron chi connectivity index (χ1n) is 5.27.